The minimum atomic E-state index is -0.0882. The van der Waals surface area contributed by atoms with Crippen LogP contribution in [0.5, 0.6) is 0 Å². The lowest BCUT2D eigenvalue weighted by Gasteiger charge is -2.32. The first kappa shape index (κ1) is 23.5. The Hall–Kier alpha value is -3.94. The van der Waals surface area contributed by atoms with E-state index in [-0.39, 0.29) is 11.8 Å². The molecule has 0 atom stereocenters. The van der Waals surface area contributed by atoms with Gasteiger partial charge in [0.1, 0.15) is 11.3 Å². The molecule has 1 fully saturated rings. The average molecular weight is 497 g/mol. The second kappa shape index (κ2) is 9.84. The van der Waals surface area contributed by atoms with E-state index in [4.69, 9.17) is 0 Å². The number of carbonyl (C=O) groups is 2. The lowest BCUT2D eigenvalue weighted by molar-refractivity contribution is 0.0700. The first-order valence-electron chi connectivity index (χ1n) is 13.2. The van der Waals surface area contributed by atoms with Crippen LogP contribution in [0.4, 0.5) is 0 Å². The first-order chi connectivity index (χ1) is 18.1. The van der Waals surface area contributed by atoms with Gasteiger partial charge in [-0.3, -0.25) is 14.3 Å². The van der Waals surface area contributed by atoms with E-state index >= 15 is 0 Å². The molecule has 1 aliphatic heterocycles. The van der Waals surface area contributed by atoms with Crippen LogP contribution in [0.1, 0.15) is 74.8 Å². The molecule has 2 amide bonds. The summed E-state index contributed by atoms with van der Waals surface area (Å²) in [6.07, 6.45) is 11.7. The number of aryl methyl sites for hydroxylation is 2. The van der Waals surface area contributed by atoms with Crippen LogP contribution in [0.15, 0.2) is 55.0 Å². The van der Waals surface area contributed by atoms with Gasteiger partial charge < -0.3 is 14.6 Å². The third-order valence-electron chi connectivity index (χ3n) is 7.86. The lowest BCUT2D eigenvalue weighted by atomic mass is 9.88. The highest BCUT2D eigenvalue weighted by Gasteiger charge is 2.30. The van der Waals surface area contributed by atoms with Crippen molar-refractivity contribution < 1.29 is 9.59 Å². The molecule has 0 unspecified atom stereocenters. The van der Waals surface area contributed by atoms with Crippen molar-refractivity contribution in [2.24, 2.45) is 7.05 Å². The molecule has 0 saturated carbocycles. The fourth-order valence-corrected chi connectivity index (χ4v) is 5.77. The Morgan fingerprint density at radius 2 is 1.81 bits per heavy atom. The Morgan fingerprint density at radius 3 is 2.62 bits per heavy atom. The van der Waals surface area contributed by atoms with Gasteiger partial charge in [0.25, 0.3) is 11.8 Å². The van der Waals surface area contributed by atoms with Gasteiger partial charge in [-0.1, -0.05) is 12.1 Å². The second-order valence-electron chi connectivity index (χ2n) is 10.2. The van der Waals surface area contributed by atoms with E-state index in [1.165, 1.54) is 5.56 Å². The Morgan fingerprint density at radius 1 is 1.03 bits per heavy atom. The van der Waals surface area contributed by atoms with Crippen LogP contribution < -0.4 is 5.32 Å². The molecule has 0 spiro atoms. The average Bonchev–Trinajstić information content (AvgIpc) is 3.54. The molecule has 4 aromatic rings. The summed E-state index contributed by atoms with van der Waals surface area (Å²) in [7, 11) is 1.90. The Bertz CT molecular complexity index is 1440. The van der Waals surface area contributed by atoms with E-state index in [9.17, 15) is 9.59 Å². The smallest absolute Gasteiger partial charge is 0.272 e. The number of imidazole rings is 1. The van der Waals surface area contributed by atoms with Crippen LogP contribution in [0, 0.1) is 0 Å². The number of piperidine rings is 1. The fourth-order valence-electron chi connectivity index (χ4n) is 5.77. The number of pyridine rings is 1. The summed E-state index contributed by atoms with van der Waals surface area (Å²) < 4.78 is 3.74. The van der Waals surface area contributed by atoms with Gasteiger partial charge in [0, 0.05) is 56.4 Å². The van der Waals surface area contributed by atoms with Crippen molar-refractivity contribution in [1.82, 2.24) is 29.4 Å². The molecule has 0 bridgehead atoms. The van der Waals surface area contributed by atoms with Crippen LogP contribution >= 0.6 is 0 Å². The molecule has 190 valence electrons. The quantitative estimate of drug-likeness (QED) is 0.454. The Balaban J connectivity index is 1.04. The third kappa shape index (κ3) is 4.63. The van der Waals surface area contributed by atoms with Crippen molar-refractivity contribution in [3.05, 3.63) is 88.6 Å². The second-order valence-corrected chi connectivity index (χ2v) is 10.2. The number of benzene rings is 1. The van der Waals surface area contributed by atoms with E-state index in [0.717, 1.165) is 79.8 Å². The van der Waals surface area contributed by atoms with Crippen molar-refractivity contribution >= 4 is 17.5 Å². The fraction of sp³-hybridized carbons (Fsp3) is 0.379. The van der Waals surface area contributed by atoms with Crippen LogP contribution in [0.25, 0.3) is 5.65 Å². The molecule has 1 aliphatic carbocycles. The number of aromatic nitrogens is 4. The largest absolute Gasteiger partial charge is 0.348 e. The van der Waals surface area contributed by atoms with E-state index in [1.54, 1.807) is 10.9 Å². The van der Waals surface area contributed by atoms with Crippen LogP contribution in [0.3, 0.4) is 0 Å². The van der Waals surface area contributed by atoms with Crippen LogP contribution in [0.2, 0.25) is 0 Å². The maximum absolute atomic E-state index is 13.3. The number of hydrogen-bond acceptors (Lipinski definition) is 4. The van der Waals surface area contributed by atoms with Crippen molar-refractivity contribution in [2.75, 3.05) is 13.1 Å². The van der Waals surface area contributed by atoms with Crippen molar-refractivity contribution in [3.63, 3.8) is 0 Å². The van der Waals surface area contributed by atoms with E-state index in [0.29, 0.717) is 18.0 Å². The van der Waals surface area contributed by atoms with Crippen molar-refractivity contribution in [1.29, 1.82) is 0 Å². The zero-order chi connectivity index (χ0) is 25.4. The lowest BCUT2D eigenvalue weighted by Crippen LogP contribution is -2.39. The highest BCUT2D eigenvalue weighted by Crippen LogP contribution is 2.30. The number of fused-ring (bicyclic) bond motifs is 2. The number of carbonyl (C=O) groups excluding carboxylic acids is 2. The van der Waals surface area contributed by atoms with Gasteiger partial charge in [-0.2, -0.15) is 5.10 Å². The molecule has 4 heterocycles. The van der Waals surface area contributed by atoms with E-state index in [1.807, 2.05) is 53.0 Å². The molecule has 8 heteroatoms. The van der Waals surface area contributed by atoms with Crippen molar-refractivity contribution in [3.8, 4) is 0 Å². The number of nitrogens with zero attached hydrogens (tertiary/aromatic N) is 5. The topological polar surface area (TPSA) is 84.5 Å². The van der Waals surface area contributed by atoms with Gasteiger partial charge in [0.15, 0.2) is 0 Å². The SMILES string of the molecule is Cn1nc2c(c1C(=O)N1CCC(c3ccc(C(=O)NCc4ccn5ccnc5c4)cc3)CC1)CCCC2. The molecule has 8 nitrogen and oxygen atoms in total. The summed E-state index contributed by atoms with van der Waals surface area (Å²) in [5.41, 5.74) is 6.81. The monoisotopic (exact) mass is 496 g/mol. The molecule has 37 heavy (non-hydrogen) atoms. The maximum atomic E-state index is 13.3. The van der Waals surface area contributed by atoms with Gasteiger partial charge >= 0.3 is 0 Å². The highest BCUT2D eigenvalue weighted by atomic mass is 16.2. The minimum absolute atomic E-state index is 0.0882. The summed E-state index contributed by atoms with van der Waals surface area (Å²) in [5, 5.41) is 7.63. The number of likely N-dealkylation sites (tertiary alicyclic amines) is 1. The van der Waals surface area contributed by atoms with Crippen LogP contribution in [-0.2, 0) is 26.4 Å². The third-order valence-corrected chi connectivity index (χ3v) is 7.86. The molecule has 6 rings (SSSR count). The Kier molecular flexibility index (Phi) is 6.24. The minimum Gasteiger partial charge on any atom is -0.348 e. The summed E-state index contributed by atoms with van der Waals surface area (Å²) >= 11 is 0. The molecular formula is C29H32N6O2. The summed E-state index contributed by atoms with van der Waals surface area (Å²) in [6.45, 7) is 1.94. The Labute approximate surface area is 216 Å². The number of hydrogen-bond donors (Lipinski definition) is 1. The molecule has 1 N–H and O–H groups in total. The zero-order valence-electron chi connectivity index (χ0n) is 21.2. The van der Waals surface area contributed by atoms with Gasteiger partial charge in [0.05, 0.1) is 5.69 Å². The van der Waals surface area contributed by atoms with E-state index in [2.05, 4.69) is 27.5 Å². The molecule has 2 aliphatic rings. The van der Waals surface area contributed by atoms with Gasteiger partial charge in [0.2, 0.25) is 0 Å². The van der Waals surface area contributed by atoms with Gasteiger partial charge in [-0.05, 0) is 79.8 Å². The number of amides is 2. The summed E-state index contributed by atoms with van der Waals surface area (Å²) in [5.74, 6) is 0.424. The van der Waals surface area contributed by atoms with Crippen molar-refractivity contribution in [2.45, 2.75) is 51.0 Å². The van der Waals surface area contributed by atoms with Gasteiger partial charge in [-0.15, -0.1) is 0 Å². The molecule has 0 radical (unpaired) electrons. The van der Waals surface area contributed by atoms with Crippen LogP contribution in [-0.4, -0.2) is 49.0 Å². The summed E-state index contributed by atoms with van der Waals surface area (Å²) in [4.78, 5) is 32.3. The highest BCUT2D eigenvalue weighted by molar-refractivity contribution is 5.95. The predicted octanol–water partition coefficient (Wildman–Crippen LogP) is 3.90. The standard InChI is InChI=1S/C29H32N6O2/c1-33-27(24-4-2-3-5-25(24)32-33)29(37)35-15-11-22(12-16-35)21-6-8-23(9-7-21)28(36)31-19-20-10-14-34-17-13-30-26(34)18-20/h6-10,13-14,17-18,22H,2-5,11-12,15-16,19H2,1H3,(H,31,36). The molecule has 3 aromatic heterocycles. The van der Waals surface area contributed by atoms with Gasteiger partial charge in [-0.25, -0.2) is 4.98 Å². The molecule has 1 saturated heterocycles. The number of rotatable bonds is 5. The van der Waals surface area contributed by atoms with E-state index < -0.39 is 0 Å². The first-order valence-corrected chi connectivity index (χ1v) is 13.2. The maximum Gasteiger partial charge on any atom is 0.272 e. The molecule has 1 aromatic carbocycles. The normalized spacial score (nSPS) is 16.1. The summed E-state index contributed by atoms with van der Waals surface area (Å²) in [6, 6.07) is 11.9. The molecular weight excluding hydrogens is 464 g/mol. The number of nitrogens with one attached hydrogen (secondary N) is 1. The zero-order valence-corrected chi connectivity index (χ0v) is 21.2. The predicted molar refractivity (Wildman–Crippen MR) is 141 cm³/mol.